The minimum atomic E-state index is 0.547. The Labute approximate surface area is 361 Å². The molecule has 4 aromatic heterocycles. The fourth-order valence-electron chi connectivity index (χ4n) is 9.47. The Bertz CT molecular complexity index is 3860. The van der Waals surface area contributed by atoms with Crippen molar-refractivity contribution in [1.29, 1.82) is 0 Å². The van der Waals surface area contributed by atoms with Crippen LogP contribution in [0.5, 0.6) is 0 Å². The van der Waals surface area contributed by atoms with E-state index in [2.05, 4.69) is 215 Å². The van der Waals surface area contributed by atoms with E-state index in [9.17, 15) is 0 Å². The maximum atomic E-state index is 7.03. The molecule has 0 unspecified atom stereocenters. The minimum absolute atomic E-state index is 0.547. The van der Waals surface area contributed by atoms with Gasteiger partial charge < -0.3 is 8.98 Å². The van der Waals surface area contributed by atoms with E-state index in [-0.39, 0.29) is 0 Å². The van der Waals surface area contributed by atoms with Crippen LogP contribution in [-0.4, -0.2) is 24.1 Å². The molecule has 0 spiro atoms. The molecule has 0 aliphatic heterocycles. The maximum absolute atomic E-state index is 7.03. The summed E-state index contributed by atoms with van der Waals surface area (Å²) in [5.41, 5.74) is 13.2. The zero-order valence-electron chi connectivity index (χ0n) is 33.9. The monoisotopic (exact) mass is 805 g/mol. The lowest BCUT2D eigenvalue weighted by Gasteiger charge is -2.11. The van der Waals surface area contributed by atoms with Crippen molar-refractivity contribution < 1.29 is 4.42 Å². The van der Waals surface area contributed by atoms with Crippen molar-refractivity contribution in [3.05, 3.63) is 212 Å². The summed E-state index contributed by atoms with van der Waals surface area (Å²) in [6.45, 7) is 0. The van der Waals surface area contributed by atoms with E-state index in [1.54, 1.807) is 0 Å². The highest BCUT2D eigenvalue weighted by atomic mass is 16.3. The Morgan fingerprint density at radius 1 is 0.317 bits per heavy atom. The van der Waals surface area contributed by atoms with Crippen LogP contribution in [0.2, 0.25) is 0 Å². The highest BCUT2D eigenvalue weighted by molar-refractivity contribution is 6.21. The van der Waals surface area contributed by atoms with Crippen molar-refractivity contribution in [2.24, 2.45) is 0 Å². The van der Waals surface area contributed by atoms with Gasteiger partial charge in [-0.25, -0.2) is 4.98 Å². The molecular formula is C57H35N5O. The van der Waals surface area contributed by atoms with Crippen molar-refractivity contribution in [2.45, 2.75) is 0 Å². The number of furan rings is 1. The quantitative estimate of drug-likeness (QED) is 0.168. The third-order valence-corrected chi connectivity index (χ3v) is 12.4. The zero-order chi connectivity index (χ0) is 41.4. The van der Waals surface area contributed by atoms with E-state index >= 15 is 0 Å². The molecule has 63 heavy (non-hydrogen) atoms. The maximum Gasteiger partial charge on any atom is 0.238 e. The van der Waals surface area contributed by atoms with Gasteiger partial charge in [0.25, 0.3) is 0 Å². The lowest BCUT2D eigenvalue weighted by Crippen LogP contribution is -2.06. The Balaban J connectivity index is 1.03. The molecular weight excluding hydrogens is 771 g/mol. The Hall–Kier alpha value is -8.61. The molecule has 294 valence electrons. The minimum Gasteiger partial charge on any atom is -0.454 e. The number of rotatable bonds is 6. The number of fused-ring (bicyclic) bond motifs is 10. The van der Waals surface area contributed by atoms with Gasteiger partial charge in [0.1, 0.15) is 5.58 Å². The molecule has 0 N–H and O–H groups in total. The van der Waals surface area contributed by atoms with Crippen LogP contribution in [0.15, 0.2) is 217 Å². The summed E-state index contributed by atoms with van der Waals surface area (Å²) in [4.78, 5) is 15.7. The first-order valence-corrected chi connectivity index (χ1v) is 21.2. The third-order valence-electron chi connectivity index (χ3n) is 12.4. The van der Waals surface area contributed by atoms with E-state index in [1.165, 1.54) is 10.9 Å². The Morgan fingerprint density at radius 2 is 0.810 bits per heavy atom. The topological polar surface area (TPSA) is 61.7 Å². The summed E-state index contributed by atoms with van der Waals surface area (Å²) in [6.07, 6.45) is 0. The van der Waals surface area contributed by atoms with Gasteiger partial charge in [0.2, 0.25) is 5.95 Å². The van der Waals surface area contributed by atoms with Crippen LogP contribution in [0, 0.1) is 0 Å². The number of hydrogen-bond donors (Lipinski definition) is 0. The number of para-hydroxylation sites is 3. The second-order valence-electron chi connectivity index (χ2n) is 16.0. The lowest BCUT2D eigenvalue weighted by atomic mass is 10.0. The van der Waals surface area contributed by atoms with Gasteiger partial charge in [-0.15, -0.1) is 0 Å². The van der Waals surface area contributed by atoms with Crippen LogP contribution in [0.3, 0.4) is 0 Å². The molecule has 4 heterocycles. The van der Waals surface area contributed by atoms with E-state index in [1.807, 2.05) is 6.07 Å². The van der Waals surface area contributed by atoms with E-state index < -0.39 is 0 Å². The summed E-state index contributed by atoms with van der Waals surface area (Å²) in [6, 6.07) is 74.4. The molecule has 0 fully saturated rings. The number of hydrogen-bond acceptors (Lipinski definition) is 4. The van der Waals surface area contributed by atoms with Gasteiger partial charge in [-0.1, -0.05) is 158 Å². The molecule has 13 aromatic rings. The number of aromatic nitrogens is 5. The molecule has 0 radical (unpaired) electrons. The predicted molar refractivity (Wildman–Crippen MR) is 258 cm³/mol. The van der Waals surface area contributed by atoms with Gasteiger partial charge in [0.05, 0.1) is 22.1 Å². The second-order valence-corrected chi connectivity index (χ2v) is 16.0. The van der Waals surface area contributed by atoms with Crippen LogP contribution < -0.4 is 0 Å². The fraction of sp³-hybridized carbons (Fsp3) is 0. The van der Waals surface area contributed by atoms with Crippen molar-refractivity contribution >= 4 is 65.6 Å². The van der Waals surface area contributed by atoms with Gasteiger partial charge >= 0.3 is 0 Å². The van der Waals surface area contributed by atoms with Gasteiger partial charge in [0, 0.05) is 49.1 Å². The third kappa shape index (κ3) is 5.62. The highest BCUT2D eigenvalue weighted by Gasteiger charge is 2.22. The molecule has 0 saturated heterocycles. The zero-order valence-corrected chi connectivity index (χ0v) is 33.9. The van der Waals surface area contributed by atoms with Crippen LogP contribution in [0.4, 0.5) is 0 Å². The first kappa shape index (κ1) is 35.2. The molecule has 0 saturated carbocycles. The summed E-state index contributed by atoms with van der Waals surface area (Å²) < 4.78 is 11.5. The normalized spacial score (nSPS) is 11.8. The molecule has 0 bridgehead atoms. The molecule has 0 amide bonds. The second kappa shape index (κ2) is 14.0. The average Bonchev–Trinajstić information content (AvgIpc) is 4.02. The van der Waals surface area contributed by atoms with Crippen molar-refractivity contribution in [2.75, 3.05) is 0 Å². The van der Waals surface area contributed by atoms with Gasteiger partial charge in [0.15, 0.2) is 17.2 Å². The smallest absolute Gasteiger partial charge is 0.238 e. The molecule has 0 aliphatic rings. The Morgan fingerprint density at radius 3 is 1.48 bits per heavy atom. The van der Waals surface area contributed by atoms with Gasteiger partial charge in [-0.05, 0) is 76.9 Å². The van der Waals surface area contributed by atoms with E-state index in [4.69, 9.17) is 19.4 Å². The summed E-state index contributed by atoms with van der Waals surface area (Å²) in [5.74, 6) is 1.69. The molecule has 0 atom stereocenters. The molecule has 9 aromatic carbocycles. The molecule has 0 aliphatic carbocycles. The standard InChI is InChI=1S/C57H35N5O/c1-3-15-36(16-4-1)38-19-13-21-40(33-38)55-58-56(60-57(59-55)62-50-27-11-7-23-43(50)44-24-8-12-28-51(44)62)41-29-30-46-48-32-31-47-45-25-9-10-26-49(45)61(53(47)54(48)63-52(46)35-41)42-22-14-20-39(34-42)37-17-5-2-6-18-37/h1-35H. The van der Waals surface area contributed by atoms with Crippen molar-refractivity contribution in [3.63, 3.8) is 0 Å². The summed E-state index contributed by atoms with van der Waals surface area (Å²) in [7, 11) is 0. The van der Waals surface area contributed by atoms with Gasteiger partial charge in [-0.2, -0.15) is 9.97 Å². The fourth-order valence-corrected chi connectivity index (χ4v) is 9.47. The van der Waals surface area contributed by atoms with Crippen molar-refractivity contribution in [1.82, 2.24) is 24.1 Å². The first-order chi connectivity index (χ1) is 31.2. The predicted octanol–water partition coefficient (Wildman–Crippen LogP) is 14.6. The first-order valence-electron chi connectivity index (χ1n) is 21.2. The van der Waals surface area contributed by atoms with Crippen LogP contribution in [0.25, 0.3) is 122 Å². The van der Waals surface area contributed by atoms with E-state index in [0.29, 0.717) is 17.6 Å². The SMILES string of the molecule is c1ccc(-c2cccc(-c3nc(-c4ccc5c(c4)oc4c5ccc5c6ccccc6n(-c6cccc(-c7ccccc7)c6)c54)nc(-n4c5ccccc5c5ccccc54)n3)c2)cc1. The molecule has 6 nitrogen and oxygen atoms in total. The number of benzene rings is 9. The molecule has 6 heteroatoms. The van der Waals surface area contributed by atoms with Crippen molar-refractivity contribution in [3.8, 4) is 56.7 Å². The summed E-state index contributed by atoms with van der Waals surface area (Å²) >= 11 is 0. The van der Waals surface area contributed by atoms with Crippen LogP contribution in [-0.2, 0) is 0 Å². The average molecular weight is 806 g/mol. The van der Waals surface area contributed by atoms with Crippen LogP contribution >= 0.6 is 0 Å². The molecule has 13 rings (SSSR count). The van der Waals surface area contributed by atoms with Gasteiger partial charge in [-0.3, -0.25) is 4.57 Å². The van der Waals surface area contributed by atoms with E-state index in [0.717, 1.165) is 93.7 Å². The largest absolute Gasteiger partial charge is 0.454 e. The highest BCUT2D eigenvalue weighted by Crippen LogP contribution is 2.42. The number of nitrogens with zero attached hydrogens (tertiary/aromatic N) is 5. The lowest BCUT2D eigenvalue weighted by molar-refractivity contribution is 0.671. The summed E-state index contributed by atoms with van der Waals surface area (Å²) in [5, 5.41) is 6.67. The Kier molecular flexibility index (Phi) is 7.80. The van der Waals surface area contributed by atoms with Crippen LogP contribution in [0.1, 0.15) is 0 Å².